The Morgan fingerprint density at radius 3 is 2.67 bits per heavy atom. The van der Waals surface area contributed by atoms with Crippen molar-refractivity contribution in [1.82, 2.24) is 5.32 Å². The lowest BCUT2D eigenvalue weighted by Gasteiger charge is -2.27. The van der Waals surface area contributed by atoms with Crippen LogP contribution in [0.15, 0.2) is 24.3 Å². The number of halogens is 2. The first kappa shape index (κ1) is 17.9. The van der Waals surface area contributed by atoms with Crippen LogP contribution in [-0.2, 0) is 4.79 Å². The first-order chi connectivity index (χ1) is 9.54. The third kappa shape index (κ3) is 5.64. The molecule has 0 radical (unpaired) electrons. The second-order valence-electron chi connectivity index (χ2n) is 5.84. The summed E-state index contributed by atoms with van der Waals surface area (Å²) in [5.41, 5.74) is 6.72. The second-order valence-corrected chi connectivity index (χ2v) is 5.84. The van der Waals surface area contributed by atoms with Gasteiger partial charge in [-0.3, -0.25) is 4.79 Å². The van der Waals surface area contributed by atoms with E-state index in [1.165, 1.54) is 12.1 Å². The van der Waals surface area contributed by atoms with Crippen LogP contribution in [0.2, 0.25) is 0 Å². The smallest absolute Gasteiger partial charge is 0.220 e. The van der Waals surface area contributed by atoms with Gasteiger partial charge in [-0.2, -0.15) is 0 Å². The molecule has 0 heterocycles. The van der Waals surface area contributed by atoms with Gasteiger partial charge < -0.3 is 11.1 Å². The van der Waals surface area contributed by atoms with Gasteiger partial charge in [-0.25, -0.2) is 4.39 Å². The largest absolute Gasteiger partial charge is 0.353 e. The summed E-state index contributed by atoms with van der Waals surface area (Å²) in [5.74, 6) is -0.185. The molecule has 21 heavy (non-hydrogen) atoms. The molecule has 118 valence electrons. The number of carbonyl (C=O) groups is 1. The van der Waals surface area contributed by atoms with Gasteiger partial charge in [0.2, 0.25) is 5.91 Å². The van der Waals surface area contributed by atoms with Crippen molar-refractivity contribution in [2.24, 2.45) is 5.73 Å². The fourth-order valence-electron chi connectivity index (χ4n) is 2.76. The van der Waals surface area contributed by atoms with E-state index in [1.807, 2.05) is 13.0 Å². The highest BCUT2D eigenvalue weighted by atomic mass is 35.5. The van der Waals surface area contributed by atoms with Crippen molar-refractivity contribution in [3.8, 4) is 0 Å². The standard InChI is InChI=1S/C16H23FN2O.ClH/c1-11(12-3-2-4-13(17)10-12)9-16(20)19-15-7-5-14(18)6-8-15;/h2-4,10-11,14-15H,5-9,18H2,1H3,(H,19,20);1H. The minimum Gasteiger partial charge on any atom is -0.353 e. The highest BCUT2D eigenvalue weighted by Gasteiger charge is 2.21. The van der Waals surface area contributed by atoms with E-state index >= 15 is 0 Å². The van der Waals surface area contributed by atoms with E-state index in [0.29, 0.717) is 6.42 Å². The molecule has 2 rings (SSSR count). The molecule has 0 aromatic heterocycles. The van der Waals surface area contributed by atoms with E-state index in [1.54, 1.807) is 6.07 Å². The Labute approximate surface area is 131 Å². The maximum absolute atomic E-state index is 13.2. The van der Waals surface area contributed by atoms with E-state index in [0.717, 1.165) is 31.2 Å². The molecule has 0 spiro atoms. The van der Waals surface area contributed by atoms with Gasteiger partial charge in [-0.15, -0.1) is 12.4 Å². The van der Waals surface area contributed by atoms with Crippen molar-refractivity contribution in [1.29, 1.82) is 0 Å². The number of rotatable bonds is 4. The zero-order valence-corrected chi connectivity index (χ0v) is 13.2. The van der Waals surface area contributed by atoms with Gasteiger partial charge >= 0.3 is 0 Å². The number of nitrogens with two attached hydrogens (primary N) is 1. The van der Waals surface area contributed by atoms with E-state index in [4.69, 9.17) is 5.73 Å². The predicted octanol–water partition coefficient (Wildman–Crippen LogP) is 3.13. The normalized spacial score (nSPS) is 23.0. The molecule has 1 unspecified atom stereocenters. The van der Waals surface area contributed by atoms with Crippen LogP contribution in [0.3, 0.4) is 0 Å². The van der Waals surface area contributed by atoms with Gasteiger partial charge in [0, 0.05) is 18.5 Å². The van der Waals surface area contributed by atoms with Crippen LogP contribution in [0.1, 0.15) is 50.5 Å². The zero-order valence-electron chi connectivity index (χ0n) is 12.3. The lowest BCUT2D eigenvalue weighted by molar-refractivity contribution is -0.122. The minimum atomic E-state index is -0.254. The topological polar surface area (TPSA) is 55.1 Å². The van der Waals surface area contributed by atoms with E-state index < -0.39 is 0 Å². The van der Waals surface area contributed by atoms with Gasteiger partial charge in [-0.1, -0.05) is 19.1 Å². The second kappa shape index (κ2) is 8.35. The number of hydrogen-bond acceptors (Lipinski definition) is 2. The minimum absolute atomic E-state index is 0. The number of benzene rings is 1. The summed E-state index contributed by atoms with van der Waals surface area (Å²) in [6.07, 6.45) is 4.27. The van der Waals surface area contributed by atoms with Crippen molar-refractivity contribution >= 4 is 18.3 Å². The molecule has 0 saturated heterocycles. The molecule has 1 aliphatic rings. The summed E-state index contributed by atoms with van der Waals surface area (Å²) in [7, 11) is 0. The number of nitrogens with one attached hydrogen (secondary N) is 1. The summed E-state index contributed by atoms with van der Waals surface area (Å²) in [4.78, 5) is 12.0. The highest BCUT2D eigenvalue weighted by Crippen LogP contribution is 2.21. The lowest BCUT2D eigenvalue weighted by Crippen LogP contribution is -2.40. The molecule has 0 bridgehead atoms. The van der Waals surface area contributed by atoms with Crippen molar-refractivity contribution in [2.45, 2.75) is 57.0 Å². The molecular weight excluding hydrogens is 291 g/mol. The summed E-state index contributed by atoms with van der Waals surface area (Å²) >= 11 is 0. The molecule has 1 amide bonds. The van der Waals surface area contributed by atoms with Gasteiger partial charge in [-0.05, 0) is 49.3 Å². The maximum atomic E-state index is 13.2. The Bertz CT molecular complexity index is 461. The molecule has 3 N–H and O–H groups in total. The number of carbonyl (C=O) groups excluding carboxylic acids is 1. The van der Waals surface area contributed by atoms with Crippen LogP contribution in [0.4, 0.5) is 4.39 Å². The Hall–Kier alpha value is -1.13. The molecule has 3 nitrogen and oxygen atoms in total. The fourth-order valence-corrected chi connectivity index (χ4v) is 2.76. The molecule has 1 aliphatic carbocycles. The zero-order chi connectivity index (χ0) is 14.5. The maximum Gasteiger partial charge on any atom is 0.220 e. The van der Waals surface area contributed by atoms with Gasteiger partial charge in [0.25, 0.3) is 0 Å². The highest BCUT2D eigenvalue weighted by molar-refractivity contribution is 5.85. The third-order valence-corrected chi connectivity index (χ3v) is 4.05. The van der Waals surface area contributed by atoms with E-state index in [9.17, 15) is 9.18 Å². The van der Waals surface area contributed by atoms with Crippen molar-refractivity contribution in [3.63, 3.8) is 0 Å². The molecule has 0 aliphatic heterocycles. The average Bonchev–Trinajstić information content (AvgIpc) is 2.41. The van der Waals surface area contributed by atoms with Crippen LogP contribution in [0, 0.1) is 5.82 Å². The molecular formula is C16H24ClFN2O. The Morgan fingerprint density at radius 2 is 2.05 bits per heavy atom. The monoisotopic (exact) mass is 314 g/mol. The van der Waals surface area contributed by atoms with Gasteiger partial charge in [0.05, 0.1) is 0 Å². The quantitative estimate of drug-likeness (QED) is 0.897. The van der Waals surface area contributed by atoms with Gasteiger partial charge in [0.15, 0.2) is 0 Å². The van der Waals surface area contributed by atoms with Gasteiger partial charge in [0.1, 0.15) is 5.82 Å². The number of amides is 1. The first-order valence-corrected chi connectivity index (χ1v) is 7.35. The average molecular weight is 315 g/mol. The summed E-state index contributed by atoms with van der Waals surface area (Å²) in [6.45, 7) is 1.95. The van der Waals surface area contributed by atoms with Crippen molar-refractivity contribution in [3.05, 3.63) is 35.6 Å². The Kier molecular flexibility index (Phi) is 7.12. The molecule has 1 fully saturated rings. The molecule has 1 aromatic carbocycles. The summed E-state index contributed by atoms with van der Waals surface area (Å²) < 4.78 is 13.2. The van der Waals surface area contributed by atoms with Crippen LogP contribution >= 0.6 is 12.4 Å². The van der Waals surface area contributed by atoms with E-state index in [2.05, 4.69) is 5.32 Å². The van der Waals surface area contributed by atoms with Crippen LogP contribution in [0.25, 0.3) is 0 Å². The molecule has 5 heteroatoms. The summed E-state index contributed by atoms with van der Waals surface area (Å²) in [5, 5.41) is 3.07. The Morgan fingerprint density at radius 1 is 1.38 bits per heavy atom. The Balaban J connectivity index is 0.00000220. The SMILES string of the molecule is CC(CC(=O)NC1CCC(N)CC1)c1cccc(F)c1.Cl. The molecule has 1 atom stereocenters. The number of hydrogen-bond donors (Lipinski definition) is 2. The fraction of sp³-hybridized carbons (Fsp3) is 0.562. The third-order valence-electron chi connectivity index (χ3n) is 4.05. The lowest BCUT2D eigenvalue weighted by atomic mass is 9.91. The van der Waals surface area contributed by atoms with E-state index in [-0.39, 0.29) is 42.1 Å². The molecule has 1 aromatic rings. The molecule has 1 saturated carbocycles. The summed E-state index contributed by atoms with van der Waals surface area (Å²) in [6, 6.07) is 7.00. The van der Waals surface area contributed by atoms with Crippen LogP contribution in [0.5, 0.6) is 0 Å². The van der Waals surface area contributed by atoms with Crippen molar-refractivity contribution < 1.29 is 9.18 Å². The first-order valence-electron chi connectivity index (χ1n) is 7.35. The van der Waals surface area contributed by atoms with Crippen LogP contribution < -0.4 is 11.1 Å². The van der Waals surface area contributed by atoms with Crippen LogP contribution in [-0.4, -0.2) is 18.0 Å². The predicted molar refractivity (Wildman–Crippen MR) is 85.1 cm³/mol. The van der Waals surface area contributed by atoms with Crippen molar-refractivity contribution in [2.75, 3.05) is 0 Å².